The summed E-state index contributed by atoms with van der Waals surface area (Å²) in [4.78, 5) is 4.35. The van der Waals surface area contributed by atoms with E-state index in [2.05, 4.69) is 34.9 Å². The molecule has 1 heterocycles. The minimum Gasteiger partial charge on any atom is -0.335 e. The van der Waals surface area contributed by atoms with Crippen molar-refractivity contribution in [1.82, 2.24) is 14.9 Å². The molecule has 1 N–H and O–H groups in total. The van der Waals surface area contributed by atoms with Crippen LogP contribution in [0, 0.1) is 0 Å². The van der Waals surface area contributed by atoms with Crippen LogP contribution in [0.3, 0.4) is 0 Å². The molecule has 0 bridgehead atoms. The Morgan fingerprint density at radius 1 is 1.36 bits per heavy atom. The molecule has 80 valence electrons. The van der Waals surface area contributed by atoms with E-state index in [-0.39, 0.29) is 0 Å². The molecule has 0 aliphatic rings. The molecule has 0 spiro atoms. The Balaban J connectivity index is 2.17. The van der Waals surface area contributed by atoms with Gasteiger partial charge in [-0.1, -0.05) is 6.92 Å². The molecule has 14 heavy (non-hydrogen) atoms. The van der Waals surface area contributed by atoms with Crippen molar-refractivity contribution in [2.75, 3.05) is 13.1 Å². The standard InChI is InChI=1S/C11H21N3/c1-3-12-8-6-5-7-11-13-9-10-14(11)4-2/h9-10,12H,3-8H2,1-2H3. The number of aryl methyl sites for hydroxylation is 2. The topological polar surface area (TPSA) is 29.9 Å². The molecule has 0 atom stereocenters. The first-order valence-electron chi connectivity index (χ1n) is 5.59. The van der Waals surface area contributed by atoms with Crippen LogP contribution in [0.15, 0.2) is 12.4 Å². The van der Waals surface area contributed by atoms with Gasteiger partial charge in [-0.05, 0) is 32.9 Å². The molecule has 0 radical (unpaired) electrons. The van der Waals surface area contributed by atoms with Crippen molar-refractivity contribution in [3.8, 4) is 0 Å². The monoisotopic (exact) mass is 195 g/mol. The first-order valence-corrected chi connectivity index (χ1v) is 5.59. The van der Waals surface area contributed by atoms with Gasteiger partial charge in [-0.25, -0.2) is 4.98 Å². The molecular weight excluding hydrogens is 174 g/mol. The van der Waals surface area contributed by atoms with Crippen molar-refractivity contribution in [2.24, 2.45) is 0 Å². The maximum atomic E-state index is 4.35. The van der Waals surface area contributed by atoms with Gasteiger partial charge >= 0.3 is 0 Å². The van der Waals surface area contributed by atoms with E-state index in [0.717, 1.165) is 26.1 Å². The molecule has 3 nitrogen and oxygen atoms in total. The second-order valence-electron chi connectivity index (χ2n) is 3.44. The van der Waals surface area contributed by atoms with Crippen molar-refractivity contribution in [3.05, 3.63) is 18.2 Å². The Morgan fingerprint density at radius 2 is 2.21 bits per heavy atom. The minimum absolute atomic E-state index is 1.03. The smallest absolute Gasteiger partial charge is 0.108 e. The number of hydrogen-bond acceptors (Lipinski definition) is 2. The summed E-state index contributed by atoms with van der Waals surface area (Å²) in [6.07, 6.45) is 7.52. The predicted octanol–water partition coefficient (Wildman–Crippen LogP) is 1.84. The number of unbranched alkanes of at least 4 members (excludes halogenated alkanes) is 1. The third-order valence-corrected chi connectivity index (χ3v) is 2.40. The van der Waals surface area contributed by atoms with Crippen LogP contribution in [0.2, 0.25) is 0 Å². The number of aromatic nitrogens is 2. The fourth-order valence-corrected chi connectivity index (χ4v) is 1.57. The van der Waals surface area contributed by atoms with E-state index >= 15 is 0 Å². The lowest BCUT2D eigenvalue weighted by molar-refractivity contribution is 0.610. The fraction of sp³-hybridized carbons (Fsp3) is 0.727. The van der Waals surface area contributed by atoms with Crippen molar-refractivity contribution < 1.29 is 0 Å². The summed E-state index contributed by atoms with van der Waals surface area (Å²) in [5.74, 6) is 1.23. The van der Waals surface area contributed by atoms with E-state index in [0.29, 0.717) is 0 Å². The molecule has 0 saturated carbocycles. The zero-order valence-electron chi connectivity index (χ0n) is 9.29. The van der Waals surface area contributed by atoms with E-state index in [1.807, 2.05) is 6.20 Å². The molecule has 0 fully saturated rings. The van der Waals surface area contributed by atoms with Crippen molar-refractivity contribution >= 4 is 0 Å². The SMILES string of the molecule is CCNCCCCc1nccn1CC. The Kier molecular flexibility index (Phi) is 5.30. The predicted molar refractivity (Wildman–Crippen MR) is 59.4 cm³/mol. The lowest BCUT2D eigenvalue weighted by atomic mass is 10.2. The minimum atomic E-state index is 1.03. The van der Waals surface area contributed by atoms with Crippen LogP contribution in [0.4, 0.5) is 0 Å². The first kappa shape index (κ1) is 11.2. The lowest BCUT2D eigenvalue weighted by Crippen LogP contribution is -2.14. The van der Waals surface area contributed by atoms with Gasteiger partial charge in [-0.15, -0.1) is 0 Å². The van der Waals surface area contributed by atoms with Gasteiger partial charge in [0.1, 0.15) is 5.82 Å². The molecule has 1 aromatic heterocycles. The second kappa shape index (κ2) is 6.60. The van der Waals surface area contributed by atoms with Crippen LogP contribution in [-0.4, -0.2) is 22.6 Å². The third kappa shape index (κ3) is 3.50. The van der Waals surface area contributed by atoms with E-state index in [9.17, 15) is 0 Å². The lowest BCUT2D eigenvalue weighted by Gasteiger charge is -2.04. The normalized spacial score (nSPS) is 10.7. The van der Waals surface area contributed by atoms with Gasteiger partial charge in [0.2, 0.25) is 0 Å². The van der Waals surface area contributed by atoms with Gasteiger partial charge in [0.15, 0.2) is 0 Å². The summed E-state index contributed by atoms with van der Waals surface area (Å²) in [6, 6.07) is 0. The van der Waals surface area contributed by atoms with Crippen LogP contribution in [-0.2, 0) is 13.0 Å². The number of imidazole rings is 1. The van der Waals surface area contributed by atoms with Gasteiger partial charge < -0.3 is 9.88 Å². The van der Waals surface area contributed by atoms with E-state index in [4.69, 9.17) is 0 Å². The maximum absolute atomic E-state index is 4.35. The molecule has 0 aromatic carbocycles. The molecule has 0 aliphatic heterocycles. The first-order chi connectivity index (χ1) is 6.88. The number of hydrogen-bond donors (Lipinski definition) is 1. The molecule has 0 aliphatic carbocycles. The quantitative estimate of drug-likeness (QED) is 0.673. The summed E-state index contributed by atoms with van der Waals surface area (Å²) in [6.45, 7) is 7.53. The third-order valence-electron chi connectivity index (χ3n) is 2.40. The zero-order valence-corrected chi connectivity index (χ0v) is 9.29. The van der Waals surface area contributed by atoms with Gasteiger partial charge in [-0.3, -0.25) is 0 Å². The van der Waals surface area contributed by atoms with Crippen LogP contribution in [0.5, 0.6) is 0 Å². The highest BCUT2D eigenvalue weighted by atomic mass is 15.0. The van der Waals surface area contributed by atoms with Crippen LogP contribution in [0.25, 0.3) is 0 Å². The van der Waals surface area contributed by atoms with Gasteiger partial charge in [0.25, 0.3) is 0 Å². The Bertz CT molecular complexity index is 242. The summed E-state index contributed by atoms with van der Waals surface area (Å²) < 4.78 is 2.22. The molecule has 0 amide bonds. The maximum Gasteiger partial charge on any atom is 0.108 e. The van der Waals surface area contributed by atoms with Crippen molar-refractivity contribution in [2.45, 2.75) is 39.7 Å². The van der Waals surface area contributed by atoms with Crippen LogP contribution in [0.1, 0.15) is 32.5 Å². The van der Waals surface area contributed by atoms with Crippen molar-refractivity contribution in [3.63, 3.8) is 0 Å². The highest BCUT2D eigenvalue weighted by Crippen LogP contribution is 2.02. The van der Waals surface area contributed by atoms with E-state index in [1.165, 1.54) is 18.7 Å². The summed E-state index contributed by atoms with van der Waals surface area (Å²) in [5.41, 5.74) is 0. The number of nitrogens with one attached hydrogen (secondary N) is 1. The van der Waals surface area contributed by atoms with Gasteiger partial charge in [-0.2, -0.15) is 0 Å². The average Bonchev–Trinajstić information content (AvgIpc) is 2.65. The highest BCUT2D eigenvalue weighted by molar-refractivity contribution is 4.91. The zero-order chi connectivity index (χ0) is 10.2. The van der Waals surface area contributed by atoms with Crippen LogP contribution < -0.4 is 5.32 Å². The average molecular weight is 195 g/mol. The summed E-state index contributed by atoms with van der Waals surface area (Å²) in [7, 11) is 0. The number of rotatable bonds is 7. The summed E-state index contributed by atoms with van der Waals surface area (Å²) >= 11 is 0. The Labute approximate surface area is 86.5 Å². The van der Waals surface area contributed by atoms with Gasteiger partial charge in [0.05, 0.1) is 0 Å². The molecule has 1 aromatic rings. The molecule has 0 unspecified atom stereocenters. The largest absolute Gasteiger partial charge is 0.335 e. The molecule has 3 heteroatoms. The molecular formula is C11H21N3. The van der Waals surface area contributed by atoms with E-state index < -0.39 is 0 Å². The number of nitrogens with zero attached hydrogens (tertiary/aromatic N) is 2. The van der Waals surface area contributed by atoms with Gasteiger partial charge in [0, 0.05) is 25.4 Å². The highest BCUT2D eigenvalue weighted by Gasteiger charge is 1.99. The second-order valence-corrected chi connectivity index (χ2v) is 3.44. The van der Waals surface area contributed by atoms with Crippen molar-refractivity contribution in [1.29, 1.82) is 0 Å². The fourth-order valence-electron chi connectivity index (χ4n) is 1.57. The Morgan fingerprint density at radius 3 is 2.93 bits per heavy atom. The molecule has 0 saturated heterocycles. The van der Waals surface area contributed by atoms with E-state index in [1.54, 1.807) is 0 Å². The molecule has 1 rings (SSSR count). The summed E-state index contributed by atoms with van der Waals surface area (Å²) in [5, 5.41) is 3.33. The van der Waals surface area contributed by atoms with Crippen LogP contribution >= 0.6 is 0 Å². The Hall–Kier alpha value is -0.830.